The van der Waals surface area contributed by atoms with Gasteiger partial charge >= 0.3 is 0 Å². The van der Waals surface area contributed by atoms with E-state index in [1.807, 2.05) is 12.1 Å². The summed E-state index contributed by atoms with van der Waals surface area (Å²) in [5, 5.41) is 6.65. The van der Waals surface area contributed by atoms with Gasteiger partial charge in [0.05, 0.1) is 5.69 Å². The predicted molar refractivity (Wildman–Crippen MR) is 66.6 cm³/mol. The van der Waals surface area contributed by atoms with E-state index < -0.39 is 0 Å². The molecule has 7 heteroatoms. The van der Waals surface area contributed by atoms with Gasteiger partial charge in [0.1, 0.15) is 10.8 Å². The second-order valence-electron chi connectivity index (χ2n) is 3.28. The number of nitrogens with zero attached hydrogens (tertiary/aromatic N) is 3. The molecule has 17 heavy (non-hydrogen) atoms. The molecule has 88 valence electrons. The Morgan fingerprint density at radius 2 is 2.35 bits per heavy atom. The molecule has 0 atom stereocenters. The van der Waals surface area contributed by atoms with Crippen LogP contribution in [-0.4, -0.2) is 26.7 Å². The van der Waals surface area contributed by atoms with Crippen LogP contribution in [0.1, 0.15) is 11.6 Å². The smallest absolute Gasteiger partial charge is 0.228 e. The van der Waals surface area contributed by atoms with Crippen molar-refractivity contribution in [1.82, 2.24) is 15.1 Å². The molecule has 0 aliphatic carbocycles. The van der Waals surface area contributed by atoms with Crippen molar-refractivity contribution in [3.05, 3.63) is 36.1 Å². The Kier molecular flexibility index (Phi) is 3.61. The highest BCUT2D eigenvalue weighted by Crippen LogP contribution is 2.05. The molecule has 0 aliphatic rings. The number of pyridine rings is 1. The van der Waals surface area contributed by atoms with E-state index in [0.717, 1.165) is 5.82 Å². The fraction of sp³-hybridized carbons (Fsp3) is 0.200. The van der Waals surface area contributed by atoms with Gasteiger partial charge in [-0.15, -0.1) is 0 Å². The molecule has 0 bridgehead atoms. The molecule has 0 aromatic carbocycles. The van der Waals surface area contributed by atoms with Gasteiger partial charge in [-0.05, 0) is 12.1 Å². The van der Waals surface area contributed by atoms with E-state index in [9.17, 15) is 0 Å². The summed E-state index contributed by atoms with van der Waals surface area (Å²) in [5.74, 6) is 1.30. The molecule has 0 saturated carbocycles. The fourth-order valence-electron chi connectivity index (χ4n) is 1.27. The molecule has 3 N–H and O–H groups in total. The summed E-state index contributed by atoms with van der Waals surface area (Å²) in [5.41, 5.74) is 6.10. The molecule has 2 heterocycles. The van der Waals surface area contributed by atoms with Crippen LogP contribution in [0, 0.1) is 0 Å². The molecular formula is C10H11N5OS. The second-order valence-corrected chi connectivity index (χ2v) is 3.72. The predicted octanol–water partition coefficient (Wildman–Crippen LogP) is 0.753. The monoisotopic (exact) mass is 249 g/mol. The minimum absolute atomic E-state index is 0.283. The molecule has 0 amide bonds. The van der Waals surface area contributed by atoms with E-state index in [4.69, 9.17) is 22.5 Å². The first-order chi connectivity index (χ1) is 8.25. The van der Waals surface area contributed by atoms with Gasteiger partial charge in [0.25, 0.3) is 0 Å². The van der Waals surface area contributed by atoms with Crippen LogP contribution in [0.15, 0.2) is 29.0 Å². The molecule has 2 aromatic heterocycles. The van der Waals surface area contributed by atoms with Crippen molar-refractivity contribution in [3.63, 3.8) is 0 Å². The summed E-state index contributed by atoms with van der Waals surface area (Å²) in [6.07, 6.45) is 2.01. The quantitative estimate of drug-likeness (QED) is 0.756. The van der Waals surface area contributed by atoms with E-state index in [2.05, 4.69) is 20.4 Å². The van der Waals surface area contributed by atoms with Crippen LogP contribution >= 0.6 is 12.2 Å². The van der Waals surface area contributed by atoms with Crippen LogP contribution in [0.4, 0.5) is 5.82 Å². The molecule has 0 aliphatic heterocycles. The zero-order valence-corrected chi connectivity index (χ0v) is 9.78. The lowest BCUT2D eigenvalue weighted by Crippen LogP contribution is -2.13. The van der Waals surface area contributed by atoms with Gasteiger partial charge in [-0.3, -0.25) is 0 Å². The average Bonchev–Trinajstić information content (AvgIpc) is 2.82. The van der Waals surface area contributed by atoms with Crippen molar-refractivity contribution < 1.29 is 4.52 Å². The van der Waals surface area contributed by atoms with Gasteiger partial charge in [0.15, 0.2) is 6.33 Å². The molecule has 6 nitrogen and oxygen atoms in total. The third kappa shape index (κ3) is 3.22. The van der Waals surface area contributed by atoms with Crippen LogP contribution < -0.4 is 11.1 Å². The minimum Gasteiger partial charge on any atom is -0.388 e. The SMILES string of the molecule is NC(=S)c1cccc(NCCc2ncno2)n1. The van der Waals surface area contributed by atoms with Crippen molar-refractivity contribution in [3.8, 4) is 0 Å². The maximum absolute atomic E-state index is 5.50. The molecule has 0 saturated heterocycles. The molecule has 2 rings (SSSR count). The van der Waals surface area contributed by atoms with Gasteiger partial charge in [0.2, 0.25) is 5.89 Å². The number of aromatic nitrogens is 3. The lowest BCUT2D eigenvalue weighted by molar-refractivity contribution is 0.379. The number of nitrogens with two attached hydrogens (primary N) is 1. The lowest BCUT2D eigenvalue weighted by atomic mass is 10.3. The third-order valence-electron chi connectivity index (χ3n) is 2.05. The molecule has 0 radical (unpaired) electrons. The Hall–Kier alpha value is -2.02. The van der Waals surface area contributed by atoms with Gasteiger partial charge in [0, 0.05) is 13.0 Å². The van der Waals surface area contributed by atoms with Crippen molar-refractivity contribution in [1.29, 1.82) is 0 Å². The van der Waals surface area contributed by atoms with Crippen LogP contribution in [0.5, 0.6) is 0 Å². The van der Waals surface area contributed by atoms with E-state index in [1.54, 1.807) is 6.07 Å². The summed E-state index contributed by atoms with van der Waals surface area (Å²) in [6, 6.07) is 5.46. The number of nitrogens with one attached hydrogen (secondary N) is 1. The minimum atomic E-state index is 0.283. The van der Waals surface area contributed by atoms with Crippen molar-refractivity contribution >= 4 is 23.0 Å². The van der Waals surface area contributed by atoms with E-state index >= 15 is 0 Å². The topological polar surface area (TPSA) is 89.9 Å². The standard InChI is InChI=1S/C10H11N5OS/c11-10(17)7-2-1-3-8(15-7)12-5-4-9-13-6-14-16-9/h1-3,6H,4-5H2,(H2,11,17)(H,12,15). The lowest BCUT2D eigenvalue weighted by Gasteiger charge is -2.05. The number of anilines is 1. The van der Waals surface area contributed by atoms with E-state index in [1.165, 1.54) is 6.33 Å². The van der Waals surface area contributed by atoms with Gasteiger partial charge in [-0.25, -0.2) is 4.98 Å². The normalized spacial score (nSPS) is 10.1. The number of rotatable bonds is 5. The number of hydrogen-bond acceptors (Lipinski definition) is 6. The van der Waals surface area contributed by atoms with Crippen molar-refractivity contribution in [2.24, 2.45) is 5.73 Å². The van der Waals surface area contributed by atoms with E-state index in [-0.39, 0.29) is 4.99 Å². The second kappa shape index (κ2) is 5.35. The molecule has 0 fully saturated rings. The summed E-state index contributed by atoms with van der Waals surface area (Å²) in [4.78, 5) is 8.44. The Morgan fingerprint density at radius 1 is 1.47 bits per heavy atom. The van der Waals surface area contributed by atoms with Crippen LogP contribution in [0.25, 0.3) is 0 Å². The largest absolute Gasteiger partial charge is 0.388 e. The van der Waals surface area contributed by atoms with E-state index in [0.29, 0.717) is 24.6 Å². The first-order valence-electron chi connectivity index (χ1n) is 5.02. The highest BCUT2D eigenvalue weighted by Gasteiger charge is 2.01. The summed E-state index contributed by atoms with van der Waals surface area (Å²) >= 11 is 4.85. The van der Waals surface area contributed by atoms with Crippen LogP contribution in [0.2, 0.25) is 0 Å². The zero-order chi connectivity index (χ0) is 12.1. The van der Waals surface area contributed by atoms with Crippen molar-refractivity contribution in [2.75, 3.05) is 11.9 Å². The third-order valence-corrected chi connectivity index (χ3v) is 2.26. The average molecular weight is 249 g/mol. The van der Waals surface area contributed by atoms with Gasteiger partial charge in [-0.1, -0.05) is 23.4 Å². The first-order valence-corrected chi connectivity index (χ1v) is 5.43. The molecule has 2 aromatic rings. The number of hydrogen-bond donors (Lipinski definition) is 2. The summed E-state index contributed by atoms with van der Waals surface area (Å²) < 4.78 is 4.87. The van der Waals surface area contributed by atoms with Gasteiger partial charge in [-0.2, -0.15) is 4.98 Å². The Bertz CT molecular complexity index is 499. The maximum atomic E-state index is 5.50. The number of thiocarbonyl (C=S) groups is 1. The highest BCUT2D eigenvalue weighted by molar-refractivity contribution is 7.80. The van der Waals surface area contributed by atoms with Crippen LogP contribution in [0.3, 0.4) is 0 Å². The molecule has 0 spiro atoms. The molecular weight excluding hydrogens is 238 g/mol. The fourth-order valence-corrected chi connectivity index (χ4v) is 1.39. The summed E-state index contributed by atoms with van der Waals surface area (Å²) in [7, 11) is 0. The van der Waals surface area contributed by atoms with Crippen molar-refractivity contribution in [2.45, 2.75) is 6.42 Å². The highest BCUT2D eigenvalue weighted by atomic mass is 32.1. The maximum Gasteiger partial charge on any atom is 0.228 e. The first kappa shape index (κ1) is 11.5. The van der Waals surface area contributed by atoms with Gasteiger partial charge < -0.3 is 15.6 Å². The Morgan fingerprint density at radius 3 is 3.06 bits per heavy atom. The summed E-state index contributed by atoms with van der Waals surface area (Å²) in [6.45, 7) is 0.649. The Labute approximate surface area is 103 Å². The molecule has 0 unspecified atom stereocenters. The Balaban J connectivity index is 1.90. The zero-order valence-electron chi connectivity index (χ0n) is 8.96. The van der Waals surface area contributed by atoms with Crippen LogP contribution in [-0.2, 0) is 6.42 Å².